The van der Waals surface area contributed by atoms with Gasteiger partial charge >= 0.3 is 0 Å². The van der Waals surface area contributed by atoms with Crippen LogP contribution in [0, 0.1) is 0 Å². The van der Waals surface area contributed by atoms with Crippen molar-refractivity contribution in [3.8, 4) is 11.5 Å². The number of nitrogens with zero attached hydrogens (tertiary/aromatic N) is 1. The van der Waals surface area contributed by atoms with E-state index in [4.69, 9.17) is 15.6 Å². The molecule has 0 spiro atoms. The number of hydrogen-bond acceptors (Lipinski definition) is 4. The topological polar surface area (TPSA) is 68.4 Å². The maximum atomic E-state index is 9.01. The highest BCUT2D eigenvalue weighted by Crippen LogP contribution is 2.25. The van der Waals surface area contributed by atoms with Crippen LogP contribution in [-0.2, 0) is 13.0 Å². The molecule has 94 valence electrons. The molecule has 0 amide bonds. The number of nitrogens with two attached hydrogens (primary N) is 1. The van der Waals surface area contributed by atoms with Crippen molar-refractivity contribution in [3.63, 3.8) is 0 Å². The molecule has 0 unspecified atom stereocenters. The first kappa shape index (κ1) is 12.5. The first-order valence-electron chi connectivity index (χ1n) is 5.84. The number of hydrogen-bond donors (Lipinski definition) is 2. The van der Waals surface area contributed by atoms with E-state index < -0.39 is 0 Å². The summed E-state index contributed by atoms with van der Waals surface area (Å²) in [4.78, 5) is 4.07. The van der Waals surface area contributed by atoms with Crippen LogP contribution in [0.4, 0.5) is 0 Å². The zero-order chi connectivity index (χ0) is 12.8. The van der Waals surface area contributed by atoms with E-state index in [1.165, 1.54) is 0 Å². The molecule has 1 heterocycles. The standard InChI is InChI=1S/C14H16N2O2/c15-8-11-7-13(10-16-9-11)18-14-4-2-1-3-12(14)5-6-17/h1-4,7,9-10,17H,5-6,8,15H2. The van der Waals surface area contributed by atoms with Crippen molar-refractivity contribution in [1.29, 1.82) is 0 Å². The fourth-order valence-electron chi connectivity index (χ4n) is 1.69. The van der Waals surface area contributed by atoms with Gasteiger partial charge in [0.25, 0.3) is 0 Å². The lowest BCUT2D eigenvalue weighted by atomic mass is 10.1. The molecule has 0 aliphatic heterocycles. The molecule has 18 heavy (non-hydrogen) atoms. The van der Waals surface area contributed by atoms with Gasteiger partial charge < -0.3 is 15.6 Å². The van der Waals surface area contributed by atoms with Gasteiger partial charge in [-0.05, 0) is 29.7 Å². The molecule has 0 atom stereocenters. The zero-order valence-electron chi connectivity index (χ0n) is 10.0. The van der Waals surface area contributed by atoms with E-state index in [1.807, 2.05) is 30.3 Å². The SMILES string of the molecule is NCc1cncc(Oc2ccccc2CCO)c1. The number of benzene rings is 1. The number of aromatic nitrogens is 1. The minimum Gasteiger partial charge on any atom is -0.455 e. The predicted octanol–water partition coefficient (Wildman–Crippen LogP) is 1.87. The van der Waals surface area contributed by atoms with Crippen LogP contribution in [0.25, 0.3) is 0 Å². The fraction of sp³-hybridized carbons (Fsp3) is 0.214. The summed E-state index contributed by atoms with van der Waals surface area (Å²) in [5, 5.41) is 9.01. The maximum absolute atomic E-state index is 9.01. The second-order valence-corrected chi connectivity index (χ2v) is 3.92. The van der Waals surface area contributed by atoms with Gasteiger partial charge in [0, 0.05) is 19.3 Å². The molecule has 2 rings (SSSR count). The molecule has 1 aromatic heterocycles. The van der Waals surface area contributed by atoms with Crippen LogP contribution in [0.2, 0.25) is 0 Å². The second-order valence-electron chi connectivity index (χ2n) is 3.92. The van der Waals surface area contributed by atoms with E-state index in [1.54, 1.807) is 12.4 Å². The lowest BCUT2D eigenvalue weighted by Crippen LogP contribution is -1.98. The molecular formula is C14H16N2O2. The Morgan fingerprint density at radius 2 is 2.06 bits per heavy atom. The van der Waals surface area contributed by atoms with Gasteiger partial charge in [-0.25, -0.2) is 0 Å². The van der Waals surface area contributed by atoms with Crippen molar-refractivity contribution in [3.05, 3.63) is 53.9 Å². The first-order chi connectivity index (χ1) is 8.83. The number of pyridine rings is 1. The Hall–Kier alpha value is -1.91. The Labute approximate surface area is 106 Å². The number of para-hydroxylation sites is 1. The minimum absolute atomic E-state index is 0.0987. The van der Waals surface area contributed by atoms with Gasteiger partial charge in [-0.1, -0.05) is 18.2 Å². The van der Waals surface area contributed by atoms with E-state index >= 15 is 0 Å². The maximum Gasteiger partial charge on any atom is 0.146 e. The third-order valence-electron chi connectivity index (χ3n) is 2.59. The summed E-state index contributed by atoms with van der Waals surface area (Å²) in [7, 11) is 0. The van der Waals surface area contributed by atoms with Crippen molar-refractivity contribution in [1.82, 2.24) is 4.98 Å². The molecule has 3 N–H and O–H groups in total. The highest BCUT2D eigenvalue weighted by Gasteiger charge is 2.04. The molecule has 0 radical (unpaired) electrons. The number of aliphatic hydroxyl groups is 1. The van der Waals surface area contributed by atoms with Gasteiger partial charge in [0.2, 0.25) is 0 Å². The van der Waals surface area contributed by atoms with Crippen molar-refractivity contribution in [2.24, 2.45) is 5.73 Å². The zero-order valence-corrected chi connectivity index (χ0v) is 10.0. The van der Waals surface area contributed by atoms with Crippen LogP contribution in [0.15, 0.2) is 42.7 Å². The number of ether oxygens (including phenoxy) is 1. The highest BCUT2D eigenvalue weighted by atomic mass is 16.5. The van der Waals surface area contributed by atoms with E-state index in [0.29, 0.717) is 18.7 Å². The van der Waals surface area contributed by atoms with Crippen LogP contribution >= 0.6 is 0 Å². The third-order valence-corrected chi connectivity index (χ3v) is 2.59. The van der Waals surface area contributed by atoms with Crippen molar-refractivity contribution < 1.29 is 9.84 Å². The summed E-state index contributed by atoms with van der Waals surface area (Å²) in [6.07, 6.45) is 3.93. The molecule has 0 saturated carbocycles. The Morgan fingerprint density at radius 3 is 2.83 bits per heavy atom. The van der Waals surface area contributed by atoms with Gasteiger partial charge in [0.15, 0.2) is 0 Å². The Bertz CT molecular complexity index is 515. The van der Waals surface area contributed by atoms with Crippen molar-refractivity contribution >= 4 is 0 Å². The molecule has 0 saturated heterocycles. The summed E-state index contributed by atoms with van der Waals surface area (Å²) in [5.74, 6) is 1.39. The van der Waals surface area contributed by atoms with Gasteiger partial charge in [-0.2, -0.15) is 0 Å². The largest absolute Gasteiger partial charge is 0.455 e. The second kappa shape index (κ2) is 6.14. The van der Waals surface area contributed by atoms with Crippen LogP contribution in [0.3, 0.4) is 0 Å². The molecule has 4 heteroatoms. The van der Waals surface area contributed by atoms with Gasteiger partial charge in [-0.3, -0.25) is 4.98 Å². The molecule has 0 aliphatic rings. The number of aliphatic hydroxyl groups excluding tert-OH is 1. The Morgan fingerprint density at radius 1 is 1.22 bits per heavy atom. The first-order valence-corrected chi connectivity index (χ1v) is 5.84. The summed E-state index contributed by atoms with van der Waals surface area (Å²) < 4.78 is 5.78. The van der Waals surface area contributed by atoms with Crippen molar-refractivity contribution in [2.45, 2.75) is 13.0 Å². The Balaban J connectivity index is 2.22. The van der Waals surface area contributed by atoms with E-state index in [2.05, 4.69) is 4.98 Å². The Kier molecular flexibility index (Phi) is 4.28. The molecule has 4 nitrogen and oxygen atoms in total. The average Bonchev–Trinajstić information content (AvgIpc) is 2.41. The van der Waals surface area contributed by atoms with E-state index in [0.717, 1.165) is 16.9 Å². The summed E-state index contributed by atoms with van der Waals surface area (Å²) >= 11 is 0. The van der Waals surface area contributed by atoms with Gasteiger partial charge in [0.05, 0.1) is 6.20 Å². The van der Waals surface area contributed by atoms with Gasteiger partial charge in [-0.15, -0.1) is 0 Å². The summed E-state index contributed by atoms with van der Waals surface area (Å²) in [5.41, 5.74) is 7.45. The fourth-order valence-corrected chi connectivity index (χ4v) is 1.69. The van der Waals surface area contributed by atoms with E-state index in [-0.39, 0.29) is 6.61 Å². The average molecular weight is 244 g/mol. The smallest absolute Gasteiger partial charge is 0.146 e. The third kappa shape index (κ3) is 3.06. The lowest BCUT2D eigenvalue weighted by molar-refractivity contribution is 0.298. The molecular weight excluding hydrogens is 228 g/mol. The molecule has 0 aliphatic carbocycles. The van der Waals surface area contributed by atoms with E-state index in [9.17, 15) is 0 Å². The van der Waals surface area contributed by atoms with Gasteiger partial charge in [0.1, 0.15) is 11.5 Å². The molecule has 0 fully saturated rings. The van der Waals surface area contributed by atoms with Crippen molar-refractivity contribution in [2.75, 3.05) is 6.61 Å². The summed E-state index contributed by atoms with van der Waals surface area (Å²) in [6.45, 7) is 0.532. The quantitative estimate of drug-likeness (QED) is 0.842. The van der Waals surface area contributed by atoms with Crippen LogP contribution in [0.1, 0.15) is 11.1 Å². The van der Waals surface area contributed by atoms with Crippen LogP contribution in [0.5, 0.6) is 11.5 Å². The molecule has 0 bridgehead atoms. The summed E-state index contributed by atoms with van der Waals surface area (Å²) in [6, 6.07) is 9.50. The molecule has 1 aromatic carbocycles. The lowest BCUT2D eigenvalue weighted by Gasteiger charge is -2.10. The monoisotopic (exact) mass is 244 g/mol. The van der Waals surface area contributed by atoms with Crippen LogP contribution < -0.4 is 10.5 Å². The van der Waals surface area contributed by atoms with Crippen LogP contribution in [-0.4, -0.2) is 16.7 Å². The minimum atomic E-state index is 0.0987. The molecule has 2 aromatic rings. The number of rotatable bonds is 5. The highest BCUT2D eigenvalue weighted by molar-refractivity contribution is 5.38. The normalized spacial score (nSPS) is 10.3. The predicted molar refractivity (Wildman–Crippen MR) is 69.4 cm³/mol.